The molecule has 0 N–H and O–H groups in total. The topological polar surface area (TPSA) is 0 Å². The minimum absolute atomic E-state index is 0.0609. The normalized spacial score (nSPS) is 28.1. The van der Waals surface area contributed by atoms with Crippen LogP contribution in [-0.2, 0) is 19.3 Å². The van der Waals surface area contributed by atoms with Crippen molar-refractivity contribution in [3.8, 4) is 0 Å². The molecule has 0 aromatic heterocycles. The molecule has 0 fully saturated rings. The van der Waals surface area contributed by atoms with E-state index in [-0.39, 0.29) is 16.2 Å². The zero-order valence-electron chi connectivity index (χ0n) is 26.7. The van der Waals surface area contributed by atoms with Gasteiger partial charge in [0.05, 0.1) is 0 Å². The predicted molar refractivity (Wildman–Crippen MR) is 175 cm³/mol. The summed E-state index contributed by atoms with van der Waals surface area (Å²) in [5, 5.41) is 0. The zero-order chi connectivity index (χ0) is 29.4. The molecule has 0 spiro atoms. The van der Waals surface area contributed by atoms with Crippen LogP contribution < -0.4 is 0 Å². The summed E-state index contributed by atoms with van der Waals surface area (Å²) in [5.41, 5.74) is 18.3. The number of allylic oxidation sites excluding steroid dienone is 7. The third-order valence-electron chi connectivity index (χ3n) is 11.3. The lowest BCUT2D eigenvalue weighted by Gasteiger charge is -2.62. The van der Waals surface area contributed by atoms with Crippen molar-refractivity contribution < 1.29 is 0 Å². The van der Waals surface area contributed by atoms with Crippen LogP contribution in [0.3, 0.4) is 0 Å². The maximum Gasteiger partial charge on any atom is 0.0194 e. The molecule has 2 aromatic carbocycles. The van der Waals surface area contributed by atoms with Crippen LogP contribution in [0.15, 0.2) is 89.6 Å². The molecule has 0 bridgehead atoms. The molecule has 5 rings (SSSR count). The van der Waals surface area contributed by atoms with Crippen molar-refractivity contribution in [3.63, 3.8) is 0 Å². The summed E-state index contributed by atoms with van der Waals surface area (Å²) in [6.45, 7) is 35.6. The Morgan fingerprint density at radius 3 is 2.20 bits per heavy atom. The lowest BCUT2D eigenvalue weighted by atomic mass is 9.41. The van der Waals surface area contributed by atoms with Gasteiger partial charge in [0, 0.05) is 5.41 Å². The van der Waals surface area contributed by atoms with Crippen LogP contribution in [0.1, 0.15) is 108 Å². The van der Waals surface area contributed by atoms with Gasteiger partial charge < -0.3 is 0 Å². The van der Waals surface area contributed by atoms with Gasteiger partial charge in [0.2, 0.25) is 0 Å². The molecule has 0 heteroatoms. The van der Waals surface area contributed by atoms with E-state index in [1.807, 2.05) is 0 Å². The zero-order valence-corrected chi connectivity index (χ0v) is 26.7. The molecule has 0 saturated heterocycles. The highest BCUT2D eigenvalue weighted by Gasteiger charge is 2.59. The van der Waals surface area contributed by atoms with Crippen molar-refractivity contribution in [1.82, 2.24) is 0 Å². The van der Waals surface area contributed by atoms with Crippen LogP contribution in [0.25, 0.3) is 5.57 Å². The monoisotopic (exact) mass is 530 g/mol. The largest absolute Gasteiger partial charge is 0.0955 e. The molecule has 210 valence electrons. The van der Waals surface area contributed by atoms with Gasteiger partial charge in [0.15, 0.2) is 0 Å². The first kappa shape index (κ1) is 28.7. The molecule has 40 heavy (non-hydrogen) atoms. The van der Waals surface area contributed by atoms with E-state index in [4.69, 9.17) is 13.2 Å². The van der Waals surface area contributed by atoms with E-state index in [2.05, 4.69) is 105 Å². The number of aryl methyl sites for hydroxylation is 2. The van der Waals surface area contributed by atoms with Crippen LogP contribution in [0.4, 0.5) is 0 Å². The van der Waals surface area contributed by atoms with Crippen molar-refractivity contribution in [3.05, 3.63) is 123 Å². The molecule has 0 amide bonds. The predicted octanol–water partition coefficient (Wildman–Crippen LogP) is 11.1. The minimum atomic E-state index is -0.115. The molecule has 3 atom stereocenters. The average Bonchev–Trinajstić information content (AvgIpc) is 2.85. The lowest BCUT2D eigenvalue weighted by molar-refractivity contribution is 0.0543. The fourth-order valence-corrected chi connectivity index (χ4v) is 9.38. The first-order chi connectivity index (χ1) is 18.7. The number of benzene rings is 2. The molecule has 0 aliphatic heterocycles. The van der Waals surface area contributed by atoms with Gasteiger partial charge >= 0.3 is 0 Å². The maximum atomic E-state index is 4.92. The van der Waals surface area contributed by atoms with Crippen LogP contribution in [0, 0.1) is 23.2 Å². The highest BCUT2D eigenvalue weighted by atomic mass is 14.6. The standard InChI is InChI=1S/C40H50/c1-24(2)33-20-32(19-18-31-16-14-13-15-17-31)27(6)36-28(7)37-30(9)40(12)29(8)35(25(3)4)26(5)21-39(40,11)23-38(37,10)22-34(33)36/h13-17,20,24H,3,7-8,18-19,21-23H2,1-2,4-6,9-12H3/t38-,39+,40-/m1/s1. The number of fused-ring (bicyclic) bond motifs is 3. The Bertz CT molecular complexity index is 1500. The molecule has 0 radical (unpaired) electrons. The molecule has 0 unspecified atom stereocenters. The van der Waals surface area contributed by atoms with Crippen LogP contribution in [0.5, 0.6) is 0 Å². The summed E-state index contributed by atoms with van der Waals surface area (Å²) >= 11 is 0. The fourth-order valence-electron chi connectivity index (χ4n) is 9.38. The first-order valence-corrected chi connectivity index (χ1v) is 15.3. The molecule has 2 aromatic rings. The third-order valence-corrected chi connectivity index (χ3v) is 11.3. The van der Waals surface area contributed by atoms with Gasteiger partial charge in [-0.1, -0.05) is 107 Å². The van der Waals surface area contributed by atoms with Crippen molar-refractivity contribution in [1.29, 1.82) is 0 Å². The Labute approximate surface area is 244 Å². The summed E-state index contributed by atoms with van der Waals surface area (Å²) in [5.74, 6) is 0.482. The van der Waals surface area contributed by atoms with Gasteiger partial charge in [-0.25, -0.2) is 0 Å². The van der Waals surface area contributed by atoms with E-state index in [1.165, 1.54) is 61.3 Å². The van der Waals surface area contributed by atoms with Gasteiger partial charge in [0.1, 0.15) is 0 Å². The number of hydrogen-bond acceptors (Lipinski definition) is 0. The van der Waals surface area contributed by atoms with E-state index in [1.54, 1.807) is 5.56 Å². The SMILES string of the molecule is C=C(C)C1=C(C)C[C@@]2(C)C[C@@]3(C)Cc4c(C(C)C)cc(CCc5ccccc5)c(C)c4C(=C)C3=C(C)[C@@]2(C)C1=C. The Balaban J connectivity index is 1.69. The van der Waals surface area contributed by atoms with Crippen LogP contribution in [-0.4, -0.2) is 0 Å². The van der Waals surface area contributed by atoms with Gasteiger partial charge in [-0.05, 0) is 132 Å². The van der Waals surface area contributed by atoms with E-state index in [0.29, 0.717) is 5.92 Å². The second-order valence-corrected chi connectivity index (χ2v) is 14.4. The van der Waals surface area contributed by atoms with Gasteiger partial charge in [0.25, 0.3) is 0 Å². The number of rotatable bonds is 5. The number of hydrogen-bond donors (Lipinski definition) is 0. The Morgan fingerprint density at radius 1 is 0.950 bits per heavy atom. The van der Waals surface area contributed by atoms with Crippen molar-refractivity contribution in [2.75, 3.05) is 0 Å². The summed E-state index contributed by atoms with van der Waals surface area (Å²) in [7, 11) is 0. The Hall–Kier alpha value is -2.86. The van der Waals surface area contributed by atoms with E-state index in [9.17, 15) is 0 Å². The van der Waals surface area contributed by atoms with E-state index < -0.39 is 0 Å². The van der Waals surface area contributed by atoms with Crippen molar-refractivity contribution >= 4 is 5.57 Å². The van der Waals surface area contributed by atoms with Gasteiger partial charge in [-0.3, -0.25) is 0 Å². The molecular formula is C40H50. The van der Waals surface area contributed by atoms with Crippen molar-refractivity contribution in [2.45, 2.75) is 100 Å². The second-order valence-electron chi connectivity index (χ2n) is 14.4. The van der Waals surface area contributed by atoms with Crippen molar-refractivity contribution in [2.24, 2.45) is 16.2 Å². The average molecular weight is 531 g/mol. The third kappa shape index (κ3) is 4.00. The smallest absolute Gasteiger partial charge is 0.0194 e. The molecule has 0 heterocycles. The van der Waals surface area contributed by atoms with Gasteiger partial charge in [-0.2, -0.15) is 0 Å². The van der Waals surface area contributed by atoms with Crippen LogP contribution >= 0.6 is 0 Å². The summed E-state index contributed by atoms with van der Waals surface area (Å²) in [6.07, 6.45) is 5.46. The first-order valence-electron chi connectivity index (χ1n) is 15.3. The summed E-state index contributed by atoms with van der Waals surface area (Å²) in [4.78, 5) is 0. The highest BCUT2D eigenvalue weighted by molar-refractivity contribution is 5.87. The van der Waals surface area contributed by atoms with Gasteiger partial charge in [-0.15, -0.1) is 0 Å². The highest BCUT2D eigenvalue weighted by Crippen LogP contribution is 2.70. The quantitative estimate of drug-likeness (QED) is 0.360. The lowest BCUT2D eigenvalue weighted by Crippen LogP contribution is -2.52. The molecule has 3 aliphatic rings. The Kier molecular flexibility index (Phi) is 6.89. The maximum absolute atomic E-state index is 4.92. The van der Waals surface area contributed by atoms with E-state index in [0.717, 1.165) is 37.7 Å². The molecule has 3 aliphatic carbocycles. The fraction of sp³-hybridized carbons (Fsp3) is 0.450. The Morgan fingerprint density at radius 2 is 1.60 bits per heavy atom. The van der Waals surface area contributed by atoms with E-state index >= 15 is 0 Å². The molecular weight excluding hydrogens is 480 g/mol. The molecule has 0 nitrogen and oxygen atoms in total. The second kappa shape index (κ2) is 9.61. The van der Waals surface area contributed by atoms with Crippen LogP contribution in [0.2, 0.25) is 0 Å². The summed E-state index contributed by atoms with van der Waals surface area (Å²) < 4.78 is 0. The summed E-state index contributed by atoms with van der Waals surface area (Å²) in [6, 6.07) is 13.5. The minimum Gasteiger partial charge on any atom is -0.0955 e. The molecule has 0 saturated carbocycles.